The minimum Gasteiger partial charge on any atom is -0.299 e. The molecule has 0 aliphatic heterocycles. The van der Waals surface area contributed by atoms with E-state index in [1.807, 2.05) is 13.8 Å². The molecule has 4 heteroatoms. The summed E-state index contributed by atoms with van der Waals surface area (Å²) in [4.78, 5) is 23.0. The number of rotatable bonds is 2. The van der Waals surface area contributed by atoms with Gasteiger partial charge in [0.05, 0.1) is 0 Å². The van der Waals surface area contributed by atoms with E-state index >= 15 is 0 Å². The second kappa shape index (κ2) is 4.15. The second-order valence-corrected chi connectivity index (χ2v) is 5.55. The summed E-state index contributed by atoms with van der Waals surface area (Å²) in [6.07, 6.45) is 3.27. The quantitative estimate of drug-likeness (QED) is 0.535. The monoisotopic (exact) mass is 225 g/mol. The minimum absolute atomic E-state index is 0.0239. The molecule has 0 aromatic carbocycles. The first-order valence-corrected chi connectivity index (χ1v) is 6.19. The Bertz CT molecular complexity index is 311. The van der Waals surface area contributed by atoms with Crippen molar-refractivity contribution >= 4 is 5.78 Å². The van der Waals surface area contributed by atoms with E-state index in [0.29, 0.717) is 12.2 Å². The number of nitrogens with zero attached hydrogens (tertiary/aromatic N) is 1. The Hall–Kier alpha value is -0.930. The van der Waals surface area contributed by atoms with E-state index in [1.54, 1.807) is 0 Å². The lowest BCUT2D eigenvalue weighted by Gasteiger charge is -2.41. The molecule has 2 aliphatic rings. The van der Waals surface area contributed by atoms with E-state index in [1.165, 1.54) is 0 Å². The van der Waals surface area contributed by atoms with Gasteiger partial charge >= 0.3 is 0 Å². The van der Waals surface area contributed by atoms with Crippen LogP contribution in [0, 0.1) is 33.8 Å². The number of hydrogen-bond acceptors (Lipinski definition) is 3. The third-order valence-electron chi connectivity index (χ3n) is 4.31. The van der Waals surface area contributed by atoms with Gasteiger partial charge in [-0.15, -0.1) is 0 Å². The number of ketones is 1. The van der Waals surface area contributed by atoms with Crippen LogP contribution < -0.4 is 0 Å². The molecule has 0 N–H and O–H groups in total. The average molecular weight is 225 g/mol. The summed E-state index contributed by atoms with van der Waals surface area (Å²) in [5.74, 6) is 0.428. The van der Waals surface area contributed by atoms with E-state index in [2.05, 4.69) is 0 Å². The summed E-state index contributed by atoms with van der Waals surface area (Å²) in [7, 11) is 0. The third kappa shape index (κ3) is 1.74. The highest BCUT2D eigenvalue weighted by molar-refractivity contribution is 5.85. The average Bonchev–Trinajstić information content (AvgIpc) is 2.15. The highest BCUT2D eigenvalue weighted by Gasteiger charge is 2.51. The maximum Gasteiger partial charge on any atom is 0.217 e. The second-order valence-electron chi connectivity index (χ2n) is 5.55. The fraction of sp³-hybridized carbons (Fsp3) is 0.917. The van der Waals surface area contributed by atoms with Gasteiger partial charge in [-0.25, -0.2) is 0 Å². The van der Waals surface area contributed by atoms with Gasteiger partial charge in [-0.05, 0) is 18.8 Å². The fourth-order valence-electron chi connectivity index (χ4n) is 3.64. The van der Waals surface area contributed by atoms with Gasteiger partial charge in [0.1, 0.15) is 5.78 Å². The van der Waals surface area contributed by atoms with Crippen LogP contribution in [-0.2, 0) is 4.79 Å². The summed E-state index contributed by atoms with van der Waals surface area (Å²) in [6.45, 7) is 4.01. The van der Waals surface area contributed by atoms with Crippen LogP contribution in [0.1, 0.15) is 39.5 Å². The van der Waals surface area contributed by atoms with Crippen molar-refractivity contribution < 1.29 is 9.72 Å². The largest absolute Gasteiger partial charge is 0.299 e. The van der Waals surface area contributed by atoms with Crippen LogP contribution in [0.15, 0.2) is 0 Å². The Kier molecular flexibility index (Phi) is 3.00. The molecule has 0 spiro atoms. The molecule has 2 rings (SSSR count). The highest BCUT2D eigenvalue weighted by Crippen LogP contribution is 2.44. The summed E-state index contributed by atoms with van der Waals surface area (Å²) < 4.78 is 0. The molecule has 0 aromatic rings. The molecule has 0 aromatic heterocycles. The first kappa shape index (κ1) is 11.6. The first-order valence-electron chi connectivity index (χ1n) is 6.19. The van der Waals surface area contributed by atoms with Crippen LogP contribution in [0.5, 0.6) is 0 Å². The van der Waals surface area contributed by atoms with E-state index in [-0.39, 0.29) is 28.6 Å². The molecule has 0 heterocycles. The number of nitro groups is 1. The summed E-state index contributed by atoms with van der Waals surface area (Å²) in [5.41, 5.74) is 0. The van der Waals surface area contributed by atoms with Crippen LogP contribution in [0.3, 0.4) is 0 Å². The molecule has 2 fully saturated rings. The van der Waals surface area contributed by atoms with Crippen molar-refractivity contribution in [2.75, 3.05) is 0 Å². The lowest BCUT2D eigenvalue weighted by molar-refractivity contribution is -0.540. The summed E-state index contributed by atoms with van der Waals surface area (Å²) in [6, 6.07) is -0.493. The van der Waals surface area contributed by atoms with Gasteiger partial charge in [-0.1, -0.05) is 20.3 Å². The zero-order chi connectivity index (χ0) is 11.9. The lowest BCUT2D eigenvalue weighted by atomic mass is 9.61. The number of carbonyl (C=O) groups is 1. The molecule has 0 saturated heterocycles. The molecule has 0 radical (unpaired) electrons. The molecule has 16 heavy (non-hydrogen) atoms. The van der Waals surface area contributed by atoms with Gasteiger partial charge in [0.15, 0.2) is 0 Å². The molecule has 0 unspecified atom stereocenters. The van der Waals surface area contributed by atoms with Gasteiger partial charge in [-0.3, -0.25) is 14.9 Å². The predicted molar refractivity (Wildman–Crippen MR) is 59.6 cm³/mol. The van der Waals surface area contributed by atoms with Gasteiger partial charge in [0, 0.05) is 29.1 Å². The van der Waals surface area contributed by atoms with E-state index in [9.17, 15) is 14.9 Å². The van der Waals surface area contributed by atoms with E-state index in [4.69, 9.17) is 0 Å². The van der Waals surface area contributed by atoms with Crippen LogP contribution >= 0.6 is 0 Å². The maximum absolute atomic E-state index is 12.1. The number of hydrogen-bond donors (Lipinski definition) is 0. The third-order valence-corrected chi connectivity index (χ3v) is 4.31. The van der Waals surface area contributed by atoms with Crippen molar-refractivity contribution in [3.8, 4) is 0 Å². The molecular formula is C12H19NO3. The molecule has 2 aliphatic carbocycles. The Morgan fingerprint density at radius 2 is 2.06 bits per heavy atom. The van der Waals surface area contributed by atoms with E-state index < -0.39 is 6.04 Å². The fourth-order valence-corrected chi connectivity index (χ4v) is 3.64. The van der Waals surface area contributed by atoms with Crippen LogP contribution in [0.4, 0.5) is 0 Å². The molecule has 2 saturated carbocycles. The molecule has 0 amide bonds. The van der Waals surface area contributed by atoms with Gasteiger partial charge in [-0.2, -0.15) is 0 Å². The van der Waals surface area contributed by atoms with Crippen LogP contribution in [0.2, 0.25) is 0 Å². The minimum atomic E-state index is -0.493. The van der Waals surface area contributed by atoms with Crippen molar-refractivity contribution in [1.29, 1.82) is 0 Å². The zero-order valence-corrected chi connectivity index (χ0v) is 9.89. The SMILES string of the molecule is CC(C)[C@H]1[C@@H]2CCC[C@H](C[C@@H]1[N+](=O)[O-])C2=O. The Balaban J connectivity index is 2.29. The zero-order valence-electron chi connectivity index (χ0n) is 9.89. The van der Waals surface area contributed by atoms with Crippen molar-refractivity contribution in [2.24, 2.45) is 23.7 Å². The topological polar surface area (TPSA) is 60.2 Å². The summed E-state index contributed by atoms with van der Waals surface area (Å²) in [5, 5.41) is 11.1. The van der Waals surface area contributed by atoms with Gasteiger partial charge in [0.25, 0.3) is 0 Å². The Morgan fingerprint density at radius 1 is 1.38 bits per heavy atom. The maximum atomic E-state index is 12.1. The molecule has 4 atom stereocenters. The van der Waals surface area contributed by atoms with E-state index in [0.717, 1.165) is 19.3 Å². The Morgan fingerprint density at radius 3 is 2.62 bits per heavy atom. The molecule has 90 valence electrons. The van der Waals surface area contributed by atoms with Gasteiger partial charge in [0.2, 0.25) is 6.04 Å². The van der Waals surface area contributed by atoms with Crippen LogP contribution in [0.25, 0.3) is 0 Å². The molecular weight excluding hydrogens is 206 g/mol. The van der Waals surface area contributed by atoms with Crippen molar-refractivity contribution in [2.45, 2.75) is 45.6 Å². The highest BCUT2D eigenvalue weighted by atomic mass is 16.6. The lowest BCUT2D eigenvalue weighted by Crippen LogP contribution is -2.50. The predicted octanol–water partition coefficient (Wildman–Crippen LogP) is 2.29. The van der Waals surface area contributed by atoms with Crippen molar-refractivity contribution in [1.82, 2.24) is 0 Å². The standard InChI is InChI=1S/C12H19NO3/c1-7(2)11-9-5-3-4-8(12(9)14)6-10(11)13(15)16/h7-11H,3-6H2,1-2H3/t8-,9+,10+,11+/m1/s1. The number of Topliss-reactive ketones (excluding diaryl/α,β-unsaturated/α-hetero) is 1. The Labute approximate surface area is 95.6 Å². The van der Waals surface area contributed by atoms with Gasteiger partial charge < -0.3 is 0 Å². The van der Waals surface area contributed by atoms with Crippen molar-refractivity contribution in [3.05, 3.63) is 10.1 Å². The van der Waals surface area contributed by atoms with Crippen molar-refractivity contribution in [3.63, 3.8) is 0 Å². The molecule has 2 bridgehead atoms. The normalized spacial score (nSPS) is 38.8. The number of carbonyl (C=O) groups excluding carboxylic acids is 1. The van der Waals surface area contributed by atoms with Crippen LogP contribution in [-0.4, -0.2) is 16.7 Å². The first-order chi connectivity index (χ1) is 7.52. The number of fused-ring (bicyclic) bond motifs is 2. The summed E-state index contributed by atoms with van der Waals surface area (Å²) >= 11 is 0. The molecule has 4 nitrogen and oxygen atoms in total. The smallest absolute Gasteiger partial charge is 0.217 e.